The van der Waals surface area contributed by atoms with Crippen molar-refractivity contribution in [2.24, 2.45) is 0 Å². The van der Waals surface area contributed by atoms with Crippen LogP contribution in [-0.4, -0.2) is 32.2 Å². The van der Waals surface area contributed by atoms with Crippen molar-refractivity contribution in [3.8, 4) is 28.6 Å². The number of fused-ring (bicyclic) bond motifs is 1. The van der Waals surface area contributed by atoms with Crippen LogP contribution in [0.5, 0.6) is 5.75 Å². The SMILES string of the molecule is COc1ccc(-c2noc(-c3ccc4c(c3)nnn4C(C)C)n2)c(C)c1. The molecule has 2 aromatic carbocycles. The van der Waals surface area contributed by atoms with Gasteiger partial charge in [0.05, 0.1) is 12.6 Å². The van der Waals surface area contributed by atoms with Gasteiger partial charge in [0.25, 0.3) is 5.89 Å². The summed E-state index contributed by atoms with van der Waals surface area (Å²) < 4.78 is 12.6. The Morgan fingerprint density at radius 2 is 1.96 bits per heavy atom. The Morgan fingerprint density at radius 3 is 2.69 bits per heavy atom. The lowest BCUT2D eigenvalue weighted by Gasteiger charge is -2.05. The van der Waals surface area contributed by atoms with E-state index in [1.54, 1.807) is 7.11 Å². The molecule has 0 aliphatic rings. The molecule has 0 saturated heterocycles. The van der Waals surface area contributed by atoms with E-state index in [1.165, 1.54) is 0 Å². The highest BCUT2D eigenvalue weighted by molar-refractivity contribution is 5.80. The monoisotopic (exact) mass is 349 g/mol. The van der Waals surface area contributed by atoms with E-state index >= 15 is 0 Å². The number of rotatable bonds is 4. The van der Waals surface area contributed by atoms with Gasteiger partial charge in [-0.2, -0.15) is 4.98 Å². The molecule has 4 rings (SSSR count). The lowest BCUT2D eigenvalue weighted by atomic mass is 10.1. The zero-order chi connectivity index (χ0) is 18.3. The summed E-state index contributed by atoms with van der Waals surface area (Å²) in [4.78, 5) is 4.54. The van der Waals surface area contributed by atoms with Gasteiger partial charge >= 0.3 is 0 Å². The van der Waals surface area contributed by atoms with Crippen molar-refractivity contribution in [1.29, 1.82) is 0 Å². The average molecular weight is 349 g/mol. The zero-order valence-corrected chi connectivity index (χ0v) is 15.1. The van der Waals surface area contributed by atoms with Gasteiger partial charge < -0.3 is 9.26 Å². The summed E-state index contributed by atoms with van der Waals surface area (Å²) in [7, 11) is 1.65. The van der Waals surface area contributed by atoms with Crippen molar-refractivity contribution in [1.82, 2.24) is 25.1 Å². The van der Waals surface area contributed by atoms with Gasteiger partial charge in [0.15, 0.2) is 0 Å². The molecule has 0 aliphatic heterocycles. The third kappa shape index (κ3) is 2.71. The number of benzene rings is 2. The van der Waals surface area contributed by atoms with Crippen LogP contribution in [0.3, 0.4) is 0 Å². The number of hydrogen-bond donors (Lipinski definition) is 0. The Bertz CT molecular complexity index is 1080. The predicted octanol–water partition coefficient (Wildman–Crippen LogP) is 4.05. The first kappa shape index (κ1) is 16.3. The standard InChI is InChI=1S/C19H19N5O2/c1-11(2)24-17-8-5-13(10-16(17)21-23-24)19-20-18(22-26-19)15-7-6-14(25-4)9-12(15)3/h5-11H,1-4H3. The predicted molar refractivity (Wildman–Crippen MR) is 97.9 cm³/mol. The molecule has 0 amide bonds. The average Bonchev–Trinajstić information content (AvgIpc) is 3.28. The highest BCUT2D eigenvalue weighted by Gasteiger charge is 2.15. The second-order valence-electron chi connectivity index (χ2n) is 6.44. The van der Waals surface area contributed by atoms with Gasteiger partial charge in [-0.25, -0.2) is 4.68 Å². The maximum atomic E-state index is 5.47. The van der Waals surface area contributed by atoms with E-state index < -0.39 is 0 Å². The molecule has 0 spiro atoms. The maximum Gasteiger partial charge on any atom is 0.258 e. The molecule has 0 aliphatic carbocycles. The Hall–Kier alpha value is -3.22. The van der Waals surface area contributed by atoms with Crippen LogP contribution in [0.15, 0.2) is 40.9 Å². The second-order valence-corrected chi connectivity index (χ2v) is 6.44. The van der Waals surface area contributed by atoms with Crippen LogP contribution in [-0.2, 0) is 0 Å². The number of ether oxygens (including phenoxy) is 1. The molecule has 26 heavy (non-hydrogen) atoms. The lowest BCUT2D eigenvalue weighted by molar-refractivity contribution is 0.414. The molecule has 0 N–H and O–H groups in total. The number of nitrogens with zero attached hydrogens (tertiary/aromatic N) is 5. The number of hydrogen-bond acceptors (Lipinski definition) is 6. The minimum atomic E-state index is 0.249. The fourth-order valence-corrected chi connectivity index (χ4v) is 2.92. The van der Waals surface area contributed by atoms with E-state index in [4.69, 9.17) is 9.26 Å². The van der Waals surface area contributed by atoms with Crippen LogP contribution in [0.4, 0.5) is 0 Å². The smallest absolute Gasteiger partial charge is 0.258 e. The van der Waals surface area contributed by atoms with Crippen molar-refractivity contribution in [3.05, 3.63) is 42.0 Å². The van der Waals surface area contributed by atoms with Gasteiger partial charge in [0, 0.05) is 17.2 Å². The molecule has 132 valence electrons. The fraction of sp³-hybridized carbons (Fsp3) is 0.263. The van der Waals surface area contributed by atoms with Gasteiger partial charge in [-0.1, -0.05) is 10.4 Å². The normalized spacial score (nSPS) is 11.4. The summed E-state index contributed by atoms with van der Waals surface area (Å²) in [5, 5.41) is 12.6. The van der Waals surface area contributed by atoms with E-state index in [2.05, 4.69) is 34.3 Å². The summed E-state index contributed by atoms with van der Waals surface area (Å²) in [6.07, 6.45) is 0. The topological polar surface area (TPSA) is 78.9 Å². The molecule has 2 heterocycles. The first-order chi connectivity index (χ1) is 12.6. The minimum Gasteiger partial charge on any atom is -0.497 e. The fourth-order valence-electron chi connectivity index (χ4n) is 2.92. The van der Waals surface area contributed by atoms with Crippen LogP contribution in [0.25, 0.3) is 33.9 Å². The van der Waals surface area contributed by atoms with Gasteiger partial charge in [-0.05, 0) is 62.7 Å². The van der Waals surface area contributed by atoms with Crippen molar-refractivity contribution >= 4 is 11.0 Å². The van der Waals surface area contributed by atoms with Crippen LogP contribution in [0.2, 0.25) is 0 Å². The zero-order valence-electron chi connectivity index (χ0n) is 15.1. The van der Waals surface area contributed by atoms with Crippen LogP contribution in [0, 0.1) is 6.92 Å². The highest BCUT2D eigenvalue weighted by atomic mass is 16.5. The molecule has 0 atom stereocenters. The maximum absolute atomic E-state index is 5.47. The molecular weight excluding hydrogens is 330 g/mol. The van der Waals surface area contributed by atoms with Crippen LogP contribution in [0.1, 0.15) is 25.5 Å². The quantitative estimate of drug-likeness (QED) is 0.553. The Morgan fingerprint density at radius 1 is 1.12 bits per heavy atom. The van der Waals surface area contributed by atoms with Crippen LogP contribution < -0.4 is 4.74 Å². The molecule has 0 radical (unpaired) electrons. The summed E-state index contributed by atoms with van der Waals surface area (Å²) in [6, 6.07) is 11.9. The lowest BCUT2D eigenvalue weighted by Crippen LogP contribution is -2.02. The van der Waals surface area contributed by atoms with Gasteiger partial charge in [0.2, 0.25) is 5.82 Å². The van der Waals surface area contributed by atoms with Crippen molar-refractivity contribution < 1.29 is 9.26 Å². The van der Waals surface area contributed by atoms with Crippen molar-refractivity contribution in [2.45, 2.75) is 26.8 Å². The van der Waals surface area contributed by atoms with Gasteiger partial charge in [0.1, 0.15) is 11.3 Å². The number of aryl methyl sites for hydroxylation is 1. The van der Waals surface area contributed by atoms with E-state index in [0.29, 0.717) is 11.7 Å². The molecule has 0 fully saturated rings. The third-order valence-corrected chi connectivity index (χ3v) is 4.31. The van der Waals surface area contributed by atoms with E-state index in [1.807, 2.05) is 48.0 Å². The molecular formula is C19H19N5O2. The first-order valence-corrected chi connectivity index (χ1v) is 8.41. The largest absolute Gasteiger partial charge is 0.497 e. The Balaban J connectivity index is 1.71. The molecule has 0 unspecified atom stereocenters. The molecule has 0 bridgehead atoms. The minimum absolute atomic E-state index is 0.249. The first-order valence-electron chi connectivity index (χ1n) is 8.41. The van der Waals surface area contributed by atoms with Gasteiger partial charge in [-0.15, -0.1) is 5.10 Å². The van der Waals surface area contributed by atoms with E-state index in [0.717, 1.165) is 33.5 Å². The summed E-state index contributed by atoms with van der Waals surface area (Å²) in [6.45, 7) is 6.14. The second kappa shape index (κ2) is 6.25. The highest BCUT2D eigenvalue weighted by Crippen LogP contribution is 2.28. The molecule has 2 aromatic heterocycles. The molecule has 4 aromatic rings. The Kier molecular flexibility index (Phi) is 3.91. The number of aromatic nitrogens is 5. The van der Waals surface area contributed by atoms with Gasteiger partial charge in [-0.3, -0.25) is 0 Å². The molecule has 7 nitrogen and oxygen atoms in total. The third-order valence-electron chi connectivity index (χ3n) is 4.31. The summed E-state index contributed by atoms with van der Waals surface area (Å²) in [5.74, 6) is 1.80. The molecule has 0 saturated carbocycles. The Labute approximate surface area is 150 Å². The van der Waals surface area contributed by atoms with E-state index in [-0.39, 0.29) is 6.04 Å². The van der Waals surface area contributed by atoms with Crippen LogP contribution >= 0.6 is 0 Å². The summed E-state index contributed by atoms with van der Waals surface area (Å²) >= 11 is 0. The van der Waals surface area contributed by atoms with E-state index in [9.17, 15) is 0 Å². The van der Waals surface area contributed by atoms with Crippen molar-refractivity contribution in [2.75, 3.05) is 7.11 Å². The molecule has 7 heteroatoms. The van der Waals surface area contributed by atoms with Crippen molar-refractivity contribution in [3.63, 3.8) is 0 Å². The number of methoxy groups -OCH3 is 1. The summed E-state index contributed by atoms with van der Waals surface area (Å²) in [5.41, 5.74) is 4.53.